The van der Waals surface area contributed by atoms with Crippen LogP contribution in [-0.2, 0) is 0 Å². The number of non-ortho nitro benzene ring substituents is 1. The summed E-state index contributed by atoms with van der Waals surface area (Å²) in [5.74, 6) is -0.545. The second kappa shape index (κ2) is 8.57. The van der Waals surface area contributed by atoms with Crippen molar-refractivity contribution in [1.82, 2.24) is 10.2 Å². The number of ether oxygens (including phenoxy) is 2. The van der Waals surface area contributed by atoms with Crippen LogP contribution in [-0.4, -0.2) is 33.1 Å². The average Bonchev–Trinajstić information content (AvgIpc) is 3.10. The van der Waals surface area contributed by atoms with Crippen LogP contribution >= 0.6 is 15.9 Å². The Labute approximate surface area is 176 Å². The number of carbonyl (C=O) groups excluding carboxylic acids is 1. The molecule has 0 aliphatic heterocycles. The molecule has 154 valence electrons. The van der Waals surface area contributed by atoms with E-state index < -0.39 is 21.6 Å². The summed E-state index contributed by atoms with van der Waals surface area (Å²) in [6.07, 6.45) is 0. The van der Waals surface area contributed by atoms with Crippen LogP contribution in [0, 0.1) is 20.2 Å². The average molecular weight is 478 g/mol. The number of aromatic nitrogens is 2. The number of aromatic amines is 1. The molecule has 0 spiro atoms. The van der Waals surface area contributed by atoms with Crippen molar-refractivity contribution in [3.63, 3.8) is 0 Å². The van der Waals surface area contributed by atoms with Gasteiger partial charge in [0.1, 0.15) is 10.2 Å². The maximum absolute atomic E-state index is 12.4. The number of anilines is 1. The minimum absolute atomic E-state index is 0.0247. The largest absolute Gasteiger partial charge is 0.493 e. The number of nitro groups is 2. The first kappa shape index (κ1) is 20.7. The molecule has 1 aromatic heterocycles. The van der Waals surface area contributed by atoms with Crippen LogP contribution in [0.25, 0.3) is 0 Å². The van der Waals surface area contributed by atoms with E-state index in [2.05, 4.69) is 31.4 Å². The van der Waals surface area contributed by atoms with Crippen molar-refractivity contribution in [3.8, 4) is 17.2 Å². The number of benzene rings is 2. The molecule has 3 aromatic rings. The fourth-order valence-corrected chi connectivity index (χ4v) is 2.93. The number of H-pyrrole nitrogens is 1. The van der Waals surface area contributed by atoms with Gasteiger partial charge in [-0.05, 0) is 33.0 Å². The molecule has 2 N–H and O–H groups in total. The fourth-order valence-electron chi connectivity index (χ4n) is 2.43. The van der Waals surface area contributed by atoms with E-state index in [1.807, 2.05) is 0 Å². The van der Waals surface area contributed by atoms with E-state index in [0.29, 0.717) is 11.5 Å². The maximum atomic E-state index is 12.4. The number of para-hydroxylation sites is 2. The second-order valence-corrected chi connectivity index (χ2v) is 6.46. The summed E-state index contributed by atoms with van der Waals surface area (Å²) in [4.78, 5) is 33.2. The van der Waals surface area contributed by atoms with Crippen LogP contribution in [0.4, 0.5) is 17.2 Å². The molecular formula is C17H12BrN5O7. The summed E-state index contributed by atoms with van der Waals surface area (Å²) in [7, 11) is 1.45. The molecule has 1 heterocycles. The van der Waals surface area contributed by atoms with Crippen molar-refractivity contribution in [1.29, 1.82) is 0 Å². The normalized spacial score (nSPS) is 10.3. The molecule has 0 unspecified atom stereocenters. The van der Waals surface area contributed by atoms with Crippen molar-refractivity contribution in [2.75, 3.05) is 12.4 Å². The summed E-state index contributed by atoms with van der Waals surface area (Å²) in [5.41, 5.74) is -0.609. The Balaban J connectivity index is 1.92. The van der Waals surface area contributed by atoms with Gasteiger partial charge in [0, 0.05) is 12.1 Å². The van der Waals surface area contributed by atoms with Crippen molar-refractivity contribution in [3.05, 3.63) is 72.9 Å². The molecule has 2 aromatic carbocycles. The summed E-state index contributed by atoms with van der Waals surface area (Å²) in [6, 6.07) is 10.3. The first-order chi connectivity index (χ1) is 14.3. The molecule has 30 heavy (non-hydrogen) atoms. The smallest absolute Gasteiger partial charge is 0.357 e. The Morgan fingerprint density at radius 1 is 1.13 bits per heavy atom. The van der Waals surface area contributed by atoms with E-state index in [1.54, 1.807) is 24.3 Å². The van der Waals surface area contributed by atoms with Crippen molar-refractivity contribution in [2.45, 2.75) is 0 Å². The number of methoxy groups -OCH3 is 1. The van der Waals surface area contributed by atoms with Gasteiger partial charge in [0.05, 0.1) is 23.8 Å². The van der Waals surface area contributed by atoms with E-state index in [1.165, 1.54) is 19.2 Å². The lowest BCUT2D eigenvalue weighted by atomic mass is 10.2. The Kier molecular flexibility index (Phi) is 5.92. The van der Waals surface area contributed by atoms with Crippen LogP contribution in [0.3, 0.4) is 0 Å². The van der Waals surface area contributed by atoms with Crippen LogP contribution < -0.4 is 14.8 Å². The zero-order chi connectivity index (χ0) is 21.8. The highest BCUT2D eigenvalue weighted by molar-refractivity contribution is 9.10. The first-order valence-electron chi connectivity index (χ1n) is 8.10. The van der Waals surface area contributed by atoms with Crippen LogP contribution in [0.15, 0.2) is 46.9 Å². The van der Waals surface area contributed by atoms with Crippen molar-refractivity contribution >= 4 is 39.0 Å². The van der Waals surface area contributed by atoms with Gasteiger partial charge >= 0.3 is 5.82 Å². The zero-order valence-corrected chi connectivity index (χ0v) is 16.7. The number of hydrogen-bond acceptors (Lipinski definition) is 8. The summed E-state index contributed by atoms with van der Waals surface area (Å²) < 4.78 is 10.7. The molecule has 0 aliphatic carbocycles. The Bertz CT molecular complexity index is 1150. The highest BCUT2D eigenvalue weighted by Gasteiger charge is 2.25. The molecule has 13 heteroatoms. The van der Waals surface area contributed by atoms with Gasteiger partial charge in [-0.25, -0.2) is 0 Å². The standard InChI is InChI=1S/C17H12BrN5O7/c1-29-12-4-2-3-5-13(12)30-11-7-9(6-10(8-11)22(25)26)19-17(24)15-14(18)16(21-20-15)23(27)28/h2-8H,1H3,(H,19,24)(H,20,21). The van der Waals surface area contributed by atoms with E-state index in [-0.39, 0.29) is 27.3 Å². The van der Waals surface area contributed by atoms with E-state index in [4.69, 9.17) is 9.47 Å². The van der Waals surface area contributed by atoms with E-state index in [9.17, 15) is 25.0 Å². The lowest BCUT2D eigenvalue weighted by Gasteiger charge is -2.11. The third kappa shape index (κ3) is 4.35. The van der Waals surface area contributed by atoms with Gasteiger partial charge in [-0.3, -0.25) is 14.9 Å². The Hall–Kier alpha value is -4.00. The third-order valence-electron chi connectivity index (χ3n) is 3.74. The minimum atomic E-state index is -0.824. The van der Waals surface area contributed by atoms with Gasteiger partial charge in [0.2, 0.25) is 0 Å². The van der Waals surface area contributed by atoms with Crippen molar-refractivity contribution in [2.24, 2.45) is 0 Å². The molecule has 0 saturated carbocycles. The number of amides is 1. The quantitative estimate of drug-likeness (QED) is 0.380. The highest BCUT2D eigenvalue weighted by atomic mass is 79.9. The first-order valence-corrected chi connectivity index (χ1v) is 8.89. The van der Waals surface area contributed by atoms with E-state index >= 15 is 0 Å². The molecule has 1 amide bonds. The number of nitrogens with zero attached hydrogens (tertiary/aromatic N) is 3. The number of hydrogen-bond donors (Lipinski definition) is 2. The van der Waals surface area contributed by atoms with Gasteiger partial charge in [-0.15, -0.1) is 5.10 Å². The maximum Gasteiger partial charge on any atom is 0.357 e. The number of nitrogens with one attached hydrogen (secondary N) is 2. The minimum Gasteiger partial charge on any atom is -0.493 e. The monoisotopic (exact) mass is 477 g/mol. The molecule has 0 saturated heterocycles. The number of rotatable bonds is 7. The number of nitro benzene ring substituents is 1. The highest BCUT2D eigenvalue weighted by Crippen LogP contribution is 2.35. The summed E-state index contributed by atoms with van der Waals surface area (Å²) in [6.45, 7) is 0. The molecule has 12 nitrogen and oxygen atoms in total. The van der Waals surface area contributed by atoms with Gasteiger partial charge < -0.3 is 24.9 Å². The van der Waals surface area contributed by atoms with Gasteiger partial charge in [-0.1, -0.05) is 17.2 Å². The lowest BCUT2D eigenvalue weighted by molar-refractivity contribution is -0.390. The van der Waals surface area contributed by atoms with Crippen LogP contribution in [0.1, 0.15) is 10.5 Å². The van der Waals surface area contributed by atoms with Gasteiger partial charge in [-0.2, -0.15) is 0 Å². The fraction of sp³-hybridized carbons (Fsp3) is 0.0588. The molecule has 0 aliphatic rings. The third-order valence-corrected chi connectivity index (χ3v) is 4.50. The molecule has 0 bridgehead atoms. The predicted molar refractivity (Wildman–Crippen MR) is 107 cm³/mol. The molecule has 0 fully saturated rings. The summed E-state index contributed by atoms with van der Waals surface area (Å²) >= 11 is 2.94. The van der Waals surface area contributed by atoms with Gasteiger partial charge in [0.25, 0.3) is 11.6 Å². The zero-order valence-electron chi connectivity index (χ0n) is 15.1. The predicted octanol–water partition coefficient (Wildman–Crippen LogP) is 4.04. The SMILES string of the molecule is COc1ccccc1Oc1cc(NC(=O)c2n[nH]c([N+](=O)[O-])c2Br)cc([N+](=O)[O-])c1. The molecule has 3 rings (SSSR count). The van der Waals surface area contributed by atoms with Crippen molar-refractivity contribution < 1.29 is 24.1 Å². The lowest BCUT2D eigenvalue weighted by Crippen LogP contribution is -2.13. The van der Waals surface area contributed by atoms with Crippen LogP contribution in [0.2, 0.25) is 0 Å². The number of carbonyl (C=O) groups is 1. The van der Waals surface area contributed by atoms with Crippen LogP contribution in [0.5, 0.6) is 17.2 Å². The van der Waals surface area contributed by atoms with Gasteiger partial charge in [0.15, 0.2) is 17.2 Å². The molecule has 0 radical (unpaired) electrons. The second-order valence-electron chi connectivity index (χ2n) is 5.67. The molecular weight excluding hydrogens is 466 g/mol. The number of halogens is 1. The Morgan fingerprint density at radius 2 is 1.83 bits per heavy atom. The van der Waals surface area contributed by atoms with E-state index in [0.717, 1.165) is 6.07 Å². The molecule has 0 atom stereocenters. The summed E-state index contributed by atoms with van der Waals surface area (Å²) in [5, 5.41) is 30.3. The topological polar surface area (TPSA) is 163 Å². The Morgan fingerprint density at radius 3 is 2.43 bits per heavy atom.